The van der Waals surface area contributed by atoms with Gasteiger partial charge in [0.1, 0.15) is 0 Å². The molecule has 1 aromatic rings. The average molecular weight is 379 g/mol. The minimum Gasteiger partial charge on any atom is -0.274 e. The third-order valence-electron chi connectivity index (χ3n) is 4.84. The van der Waals surface area contributed by atoms with Crippen molar-refractivity contribution in [2.24, 2.45) is 23.7 Å². The maximum Gasteiger partial charge on any atom is 0.238 e. The molecule has 1 saturated carbocycles. The fourth-order valence-corrected chi connectivity index (χ4v) is 4.28. The van der Waals surface area contributed by atoms with E-state index in [0.717, 1.165) is 16.4 Å². The van der Waals surface area contributed by atoms with Crippen LogP contribution < -0.4 is 4.90 Å². The summed E-state index contributed by atoms with van der Waals surface area (Å²) >= 11 is 2.22. The van der Waals surface area contributed by atoms with Crippen LogP contribution in [0.4, 0.5) is 5.69 Å². The second-order valence-corrected chi connectivity index (χ2v) is 7.08. The first-order valence-electron chi connectivity index (χ1n) is 6.98. The van der Waals surface area contributed by atoms with Crippen molar-refractivity contribution in [3.63, 3.8) is 0 Å². The number of halogens is 1. The van der Waals surface area contributed by atoms with E-state index in [4.69, 9.17) is 0 Å². The minimum absolute atomic E-state index is 0.000239. The van der Waals surface area contributed by atoms with Crippen LogP contribution in [-0.4, -0.2) is 11.8 Å². The first-order valence-corrected chi connectivity index (χ1v) is 8.06. The van der Waals surface area contributed by atoms with Crippen LogP contribution in [-0.2, 0) is 9.59 Å². The maximum atomic E-state index is 12.7. The number of hydrogen-bond acceptors (Lipinski definition) is 2. The SMILES string of the molecule is O=C1[C@@H]2[C@H](C(=O)N1c1ccc(I)cc1)[C@H]1C=C[C@H]2CC1. The highest BCUT2D eigenvalue weighted by atomic mass is 127. The Balaban J connectivity index is 1.75. The number of allylic oxidation sites excluding steroid dienone is 2. The van der Waals surface area contributed by atoms with E-state index < -0.39 is 0 Å². The maximum absolute atomic E-state index is 12.7. The van der Waals surface area contributed by atoms with Gasteiger partial charge in [0.15, 0.2) is 0 Å². The number of benzene rings is 1. The van der Waals surface area contributed by atoms with Crippen LogP contribution in [0.25, 0.3) is 0 Å². The summed E-state index contributed by atoms with van der Waals surface area (Å²) in [7, 11) is 0. The lowest BCUT2D eigenvalue weighted by Gasteiger charge is -2.38. The van der Waals surface area contributed by atoms with E-state index in [2.05, 4.69) is 34.7 Å². The summed E-state index contributed by atoms with van der Waals surface area (Å²) < 4.78 is 1.10. The molecule has 4 atom stereocenters. The lowest BCUT2D eigenvalue weighted by atomic mass is 9.63. The quantitative estimate of drug-likeness (QED) is 0.428. The monoisotopic (exact) mass is 379 g/mol. The van der Waals surface area contributed by atoms with Crippen molar-refractivity contribution in [2.75, 3.05) is 4.90 Å². The van der Waals surface area contributed by atoms with E-state index in [0.29, 0.717) is 5.69 Å². The molecular weight excluding hydrogens is 365 g/mol. The van der Waals surface area contributed by atoms with Crippen LogP contribution in [0, 0.1) is 27.2 Å². The number of fused-ring (bicyclic) bond motifs is 1. The van der Waals surface area contributed by atoms with Crippen molar-refractivity contribution < 1.29 is 9.59 Å². The minimum atomic E-state index is -0.120. The van der Waals surface area contributed by atoms with Gasteiger partial charge in [-0.1, -0.05) is 12.2 Å². The van der Waals surface area contributed by atoms with Crippen LogP contribution in [0.15, 0.2) is 36.4 Å². The smallest absolute Gasteiger partial charge is 0.238 e. The standard InChI is InChI=1S/C16H14INO2/c17-11-5-7-12(8-6-11)18-15(19)13-9-1-2-10(4-3-9)14(13)16(18)20/h1-2,5-10,13-14H,3-4H2/t9-,10-,13-,14+/m0/s1. The number of nitrogens with zero attached hydrogens (tertiary/aromatic N) is 1. The number of amides is 2. The Morgan fingerprint density at radius 3 is 1.85 bits per heavy atom. The van der Waals surface area contributed by atoms with Crippen molar-refractivity contribution in [3.8, 4) is 0 Å². The molecule has 20 heavy (non-hydrogen) atoms. The highest BCUT2D eigenvalue weighted by Crippen LogP contribution is 2.50. The van der Waals surface area contributed by atoms with Crippen molar-refractivity contribution in [2.45, 2.75) is 12.8 Å². The van der Waals surface area contributed by atoms with E-state index in [1.807, 2.05) is 24.3 Å². The summed E-state index contributed by atoms with van der Waals surface area (Å²) in [5.74, 6) is 0.280. The molecule has 2 bridgehead atoms. The van der Waals surface area contributed by atoms with Gasteiger partial charge in [0, 0.05) is 3.57 Å². The Hall–Kier alpha value is -1.17. The van der Waals surface area contributed by atoms with E-state index in [1.165, 1.54) is 4.90 Å². The molecule has 4 heteroatoms. The largest absolute Gasteiger partial charge is 0.274 e. The van der Waals surface area contributed by atoms with Crippen LogP contribution in [0.1, 0.15) is 12.8 Å². The number of hydrogen-bond donors (Lipinski definition) is 0. The van der Waals surface area contributed by atoms with Crippen molar-refractivity contribution >= 4 is 40.1 Å². The molecule has 4 aliphatic rings. The lowest BCUT2D eigenvalue weighted by molar-refractivity contribution is -0.124. The fraction of sp³-hybridized carbons (Fsp3) is 0.375. The summed E-state index contributed by atoms with van der Waals surface area (Å²) in [6, 6.07) is 7.60. The van der Waals surface area contributed by atoms with E-state index in [9.17, 15) is 9.59 Å². The van der Waals surface area contributed by atoms with Crippen LogP contribution in [0.3, 0.4) is 0 Å². The van der Waals surface area contributed by atoms with Gasteiger partial charge in [-0.25, -0.2) is 0 Å². The number of imide groups is 1. The topological polar surface area (TPSA) is 37.4 Å². The molecule has 1 aliphatic heterocycles. The van der Waals surface area contributed by atoms with Crippen LogP contribution in [0.2, 0.25) is 0 Å². The molecule has 3 nitrogen and oxygen atoms in total. The first-order chi connectivity index (χ1) is 9.66. The second kappa shape index (κ2) is 4.41. The molecule has 1 saturated heterocycles. The summed E-state index contributed by atoms with van der Waals surface area (Å²) in [4.78, 5) is 26.8. The molecule has 1 aromatic carbocycles. The van der Waals surface area contributed by atoms with Gasteiger partial charge in [-0.3, -0.25) is 14.5 Å². The molecule has 0 radical (unpaired) electrons. The van der Waals surface area contributed by atoms with Crippen molar-refractivity contribution in [1.82, 2.24) is 0 Å². The Morgan fingerprint density at radius 2 is 1.40 bits per heavy atom. The van der Waals surface area contributed by atoms with Gasteiger partial charge in [0.2, 0.25) is 11.8 Å². The zero-order valence-corrected chi connectivity index (χ0v) is 13.0. The Bertz CT molecular complexity index is 590. The number of anilines is 1. The number of carbonyl (C=O) groups is 2. The fourth-order valence-electron chi connectivity index (χ4n) is 3.92. The molecular formula is C16H14INO2. The Labute approximate surface area is 131 Å². The Morgan fingerprint density at radius 1 is 0.900 bits per heavy atom. The summed E-state index contributed by atoms with van der Waals surface area (Å²) in [6.45, 7) is 0. The van der Waals surface area contributed by atoms with Gasteiger partial charge >= 0.3 is 0 Å². The number of carbonyl (C=O) groups excluding carboxylic acids is 2. The highest BCUT2D eigenvalue weighted by Gasteiger charge is 2.56. The molecule has 0 aromatic heterocycles. The molecule has 0 unspecified atom stereocenters. The molecule has 0 N–H and O–H groups in total. The van der Waals surface area contributed by atoms with Gasteiger partial charge in [-0.05, 0) is 71.5 Å². The van der Waals surface area contributed by atoms with E-state index in [-0.39, 0.29) is 35.5 Å². The highest BCUT2D eigenvalue weighted by molar-refractivity contribution is 14.1. The molecule has 1 heterocycles. The van der Waals surface area contributed by atoms with Gasteiger partial charge in [-0.15, -0.1) is 0 Å². The first kappa shape index (κ1) is 12.6. The van der Waals surface area contributed by atoms with Crippen molar-refractivity contribution in [3.05, 3.63) is 40.0 Å². The molecule has 3 aliphatic carbocycles. The van der Waals surface area contributed by atoms with Gasteiger partial charge < -0.3 is 0 Å². The predicted molar refractivity (Wildman–Crippen MR) is 84.0 cm³/mol. The van der Waals surface area contributed by atoms with Crippen LogP contribution >= 0.6 is 22.6 Å². The summed E-state index contributed by atoms with van der Waals surface area (Å²) in [6.07, 6.45) is 6.39. The van der Waals surface area contributed by atoms with Crippen molar-refractivity contribution in [1.29, 1.82) is 0 Å². The molecule has 2 fully saturated rings. The van der Waals surface area contributed by atoms with Crippen LogP contribution in [0.5, 0.6) is 0 Å². The zero-order valence-electron chi connectivity index (χ0n) is 10.8. The molecule has 102 valence electrons. The van der Waals surface area contributed by atoms with E-state index in [1.54, 1.807) is 0 Å². The predicted octanol–water partition coefficient (Wildman–Crippen LogP) is 2.99. The molecule has 0 spiro atoms. The third kappa shape index (κ3) is 1.63. The normalized spacial score (nSPS) is 34.8. The van der Waals surface area contributed by atoms with Gasteiger partial charge in [0.05, 0.1) is 17.5 Å². The molecule has 2 amide bonds. The van der Waals surface area contributed by atoms with Gasteiger partial charge in [-0.2, -0.15) is 0 Å². The lowest BCUT2D eigenvalue weighted by Crippen LogP contribution is -2.38. The average Bonchev–Trinajstić information content (AvgIpc) is 2.76. The third-order valence-corrected chi connectivity index (χ3v) is 5.56. The number of rotatable bonds is 1. The second-order valence-electron chi connectivity index (χ2n) is 5.83. The van der Waals surface area contributed by atoms with E-state index >= 15 is 0 Å². The molecule has 5 rings (SSSR count). The van der Waals surface area contributed by atoms with Gasteiger partial charge in [0.25, 0.3) is 0 Å². The summed E-state index contributed by atoms with van der Waals surface area (Å²) in [5, 5.41) is 0. The summed E-state index contributed by atoms with van der Waals surface area (Å²) in [5.41, 5.74) is 0.717. The Kier molecular flexibility index (Phi) is 2.77. The zero-order chi connectivity index (χ0) is 13.9.